The van der Waals surface area contributed by atoms with Crippen molar-refractivity contribution in [2.24, 2.45) is 7.05 Å². The van der Waals surface area contributed by atoms with Crippen molar-refractivity contribution >= 4 is 23.5 Å². The van der Waals surface area contributed by atoms with E-state index in [1.165, 1.54) is 11.8 Å². The number of carbonyl (C=O) groups excluding carboxylic acids is 1. The molecule has 0 atom stereocenters. The van der Waals surface area contributed by atoms with Crippen LogP contribution in [0.15, 0.2) is 46.2 Å². The van der Waals surface area contributed by atoms with Gasteiger partial charge in [0.15, 0.2) is 5.82 Å². The Hall–Kier alpha value is -2.61. The number of hydrogen-bond donors (Lipinski definition) is 1. The number of pyridine rings is 1. The summed E-state index contributed by atoms with van der Waals surface area (Å²) in [6, 6.07) is 7.07. The molecule has 1 amide bonds. The lowest BCUT2D eigenvalue weighted by molar-refractivity contribution is 0.102. The van der Waals surface area contributed by atoms with Crippen LogP contribution in [0, 0.1) is 6.92 Å². The van der Waals surface area contributed by atoms with Gasteiger partial charge in [-0.3, -0.25) is 9.48 Å². The standard InChI is InChI=1S/C15H15N5O2S/c1-10-8-11(19-22-10)9-23-15-12(4-3-6-16-15)14(21)17-13-5-7-20(2)18-13/h3-8H,9H2,1-2H3,(H,17,18,21). The summed E-state index contributed by atoms with van der Waals surface area (Å²) in [6.45, 7) is 1.84. The van der Waals surface area contributed by atoms with Gasteiger partial charge < -0.3 is 9.84 Å². The minimum absolute atomic E-state index is 0.240. The van der Waals surface area contributed by atoms with Crippen LogP contribution in [-0.2, 0) is 12.8 Å². The average molecular weight is 329 g/mol. The second-order valence-electron chi connectivity index (χ2n) is 4.90. The van der Waals surface area contributed by atoms with Gasteiger partial charge in [-0.25, -0.2) is 4.98 Å². The first kappa shape index (κ1) is 15.3. The van der Waals surface area contributed by atoms with Crippen molar-refractivity contribution < 1.29 is 9.32 Å². The van der Waals surface area contributed by atoms with Crippen molar-refractivity contribution in [2.45, 2.75) is 17.7 Å². The van der Waals surface area contributed by atoms with Crippen LogP contribution in [0.3, 0.4) is 0 Å². The molecule has 0 spiro atoms. The van der Waals surface area contributed by atoms with Crippen LogP contribution in [0.2, 0.25) is 0 Å². The average Bonchev–Trinajstić information content (AvgIpc) is 3.14. The molecular formula is C15H15N5O2S. The molecule has 3 rings (SSSR count). The maximum Gasteiger partial charge on any atom is 0.259 e. The number of carbonyl (C=O) groups is 1. The smallest absolute Gasteiger partial charge is 0.259 e. The molecule has 0 fully saturated rings. The fourth-order valence-electron chi connectivity index (χ4n) is 1.97. The number of anilines is 1. The Kier molecular flexibility index (Phi) is 4.42. The molecule has 1 N–H and O–H groups in total. The van der Waals surface area contributed by atoms with Gasteiger partial charge in [-0.15, -0.1) is 0 Å². The molecule has 118 valence electrons. The van der Waals surface area contributed by atoms with Gasteiger partial charge in [0, 0.05) is 37.3 Å². The van der Waals surface area contributed by atoms with Crippen molar-refractivity contribution in [3.8, 4) is 0 Å². The van der Waals surface area contributed by atoms with E-state index >= 15 is 0 Å². The first-order chi connectivity index (χ1) is 11.1. The third-order valence-electron chi connectivity index (χ3n) is 3.00. The summed E-state index contributed by atoms with van der Waals surface area (Å²) < 4.78 is 6.66. The summed E-state index contributed by atoms with van der Waals surface area (Å²) in [4.78, 5) is 16.7. The summed E-state index contributed by atoms with van der Waals surface area (Å²) in [6.07, 6.45) is 3.43. The van der Waals surface area contributed by atoms with E-state index in [4.69, 9.17) is 4.52 Å². The van der Waals surface area contributed by atoms with E-state index in [1.54, 1.807) is 42.3 Å². The third kappa shape index (κ3) is 3.78. The number of aromatic nitrogens is 4. The molecule has 0 bridgehead atoms. The molecule has 0 saturated carbocycles. The molecule has 3 aromatic heterocycles. The molecule has 0 aliphatic heterocycles. The van der Waals surface area contributed by atoms with Gasteiger partial charge >= 0.3 is 0 Å². The predicted octanol–water partition coefficient (Wildman–Crippen LogP) is 2.66. The number of rotatable bonds is 5. The molecule has 0 radical (unpaired) electrons. The Morgan fingerprint density at radius 1 is 1.43 bits per heavy atom. The highest BCUT2D eigenvalue weighted by Crippen LogP contribution is 2.24. The first-order valence-corrected chi connectivity index (χ1v) is 7.91. The second-order valence-corrected chi connectivity index (χ2v) is 5.87. The molecular weight excluding hydrogens is 314 g/mol. The molecule has 0 aliphatic carbocycles. The second kappa shape index (κ2) is 6.66. The number of thioether (sulfide) groups is 1. The molecule has 8 heteroatoms. The van der Waals surface area contributed by atoms with E-state index < -0.39 is 0 Å². The van der Waals surface area contributed by atoms with E-state index in [2.05, 4.69) is 20.6 Å². The summed E-state index contributed by atoms with van der Waals surface area (Å²) in [5, 5.41) is 11.5. The van der Waals surface area contributed by atoms with Crippen LogP contribution >= 0.6 is 11.8 Å². The van der Waals surface area contributed by atoms with E-state index in [9.17, 15) is 4.79 Å². The normalized spacial score (nSPS) is 10.7. The molecule has 3 aromatic rings. The molecule has 0 aliphatic rings. The third-order valence-corrected chi connectivity index (χ3v) is 4.04. The van der Waals surface area contributed by atoms with Gasteiger partial charge in [0.05, 0.1) is 11.3 Å². The minimum atomic E-state index is -0.240. The van der Waals surface area contributed by atoms with Crippen LogP contribution < -0.4 is 5.32 Å². The Balaban J connectivity index is 1.73. The van der Waals surface area contributed by atoms with E-state index in [0.717, 1.165) is 11.5 Å². The fourth-order valence-corrected chi connectivity index (χ4v) is 2.84. The van der Waals surface area contributed by atoms with Gasteiger partial charge in [-0.2, -0.15) is 5.10 Å². The summed E-state index contributed by atoms with van der Waals surface area (Å²) >= 11 is 1.44. The molecule has 0 unspecified atom stereocenters. The Morgan fingerprint density at radius 3 is 3.00 bits per heavy atom. The zero-order chi connectivity index (χ0) is 16.2. The predicted molar refractivity (Wildman–Crippen MR) is 86.2 cm³/mol. The van der Waals surface area contributed by atoms with Crippen LogP contribution in [0.25, 0.3) is 0 Å². The lowest BCUT2D eigenvalue weighted by Crippen LogP contribution is -2.14. The van der Waals surface area contributed by atoms with Crippen molar-refractivity contribution in [1.82, 2.24) is 19.9 Å². The zero-order valence-electron chi connectivity index (χ0n) is 12.7. The van der Waals surface area contributed by atoms with Crippen LogP contribution in [-0.4, -0.2) is 25.8 Å². The maximum atomic E-state index is 12.4. The Bertz CT molecular complexity index is 827. The quantitative estimate of drug-likeness (QED) is 0.724. The molecule has 0 aromatic carbocycles. The van der Waals surface area contributed by atoms with Gasteiger partial charge in [0.2, 0.25) is 0 Å². The van der Waals surface area contributed by atoms with Crippen molar-refractivity contribution in [3.05, 3.63) is 53.7 Å². The van der Waals surface area contributed by atoms with Gasteiger partial charge in [-0.1, -0.05) is 16.9 Å². The van der Waals surface area contributed by atoms with Crippen LogP contribution in [0.1, 0.15) is 21.8 Å². The van der Waals surface area contributed by atoms with Crippen molar-refractivity contribution in [2.75, 3.05) is 5.32 Å². The topological polar surface area (TPSA) is 85.8 Å². The largest absolute Gasteiger partial charge is 0.361 e. The summed E-state index contributed by atoms with van der Waals surface area (Å²) in [7, 11) is 1.79. The van der Waals surface area contributed by atoms with Crippen molar-refractivity contribution in [1.29, 1.82) is 0 Å². The monoisotopic (exact) mass is 329 g/mol. The Morgan fingerprint density at radius 2 is 2.30 bits per heavy atom. The molecule has 7 nitrogen and oxygen atoms in total. The van der Waals surface area contributed by atoms with Gasteiger partial charge in [0.25, 0.3) is 5.91 Å². The Labute approximate surface area is 137 Å². The number of amides is 1. The minimum Gasteiger partial charge on any atom is -0.361 e. The van der Waals surface area contributed by atoms with Gasteiger partial charge in [-0.05, 0) is 19.1 Å². The molecule has 0 saturated heterocycles. The molecule has 23 heavy (non-hydrogen) atoms. The van der Waals surface area contributed by atoms with Gasteiger partial charge in [0.1, 0.15) is 10.8 Å². The lowest BCUT2D eigenvalue weighted by atomic mass is 10.2. The highest BCUT2D eigenvalue weighted by molar-refractivity contribution is 7.98. The highest BCUT2D eigenvalue weighted by Gasteiger charge is 2.14. The SMILES string of the molecule is Cc1cc(CSc2ncccc2C(=O)Nc2ccn(C)n2)no1. The summed E-state index contributed by atoms with van der Waals surface area (Å²) in [5.41, 5.74) is 1.32. The number of nitrogens with zero attached hydrogens (tertiary/aromatic N) is 4. The molecule has 3 heterocycles. The van der Waals surface area contributed by atoms with Crippen molar-refractivity contribution in [3.63, 3.8) is 0 Å². The van der Waals surface area contributed by atoms with E-state index in [1.807, 2.05) is 13.0 Å². The van der Waals surface area contributed by atoms with Crippen LogP contribution in [0.4, 0.5) is 5.82 Å². The maximum absolute atomic E-state index is 12.4. The number of aryl methyl sites for hydroxylation is 2. The summed E-state index contributed by atoms with van der Waals surface area (Å²) in [5.74, 6) is 1.60. The van der Waals surface area contributed by atoms with E-state index in [0.29, 0.717) is 22.2 Å². The van der Waals surface area contributed by atoms with Crippen LogP contribution in [0.5, 0.6) is 0 Å². The first-order valence-electron chi connectivity index (χ1n) is 6.93. The number of nitrogens with one attached hydrogen (secondary N) is 1. The van der Waals surface area contributed by atoms with E-state index in [-0.39, 0.29) is 5.91 Å². The zero-order valence-corrected chi connectivity index (χ0v) is 13.5. The lowest BCUT2D eigenvalue weighted by Gasteiger charge is -2.06. The number of hydrogen-bond acceptors (Lipinski definition) is 6. The fraction of sp³-hybridized carbons (Fsp3) is 0.200. The highest BCUT2D eigenvalue weighted by atomic mass is 32.2.